The highest BCUT2D eigenvalue weighted by Gasteiger charge is 2.08. The second-order valence-electron chi connectivity index (χ2n) is 3.45. The first kappa shape index (κ1) is 12.3. The first-order chi connectivity index (χ1) is 8.27. The highest BCUT2D eigenvalue weighted by Crippen LogP contribution is 2.15. The van der Waals surface area contributed by atoms with Crippen LogP contribution in [0.5, 0.6) is 0 Å². The Hall–Kier alpha value is -1.20. The average molecular weight is 311 g/mol. The lowest BCUT2D eigenvalue weighted by molar-refractivity contribution is 0.0953. The van der Waals surface area contributed by atoms with Crippen LogP contribution < -0.4 is 5.32 Å². The first-order valence-electron chi connectivity index (χ1n) is 5.17. The SMILES string of the molecule is O=C(NCCc1cncs1)c1ccccc1Br. The number of carbonyl (C=O) groups is 1. The molecule has 0 aliphatic carbocycles. The molecule has 2 rings (SSSR count). The van der Waals surface area contributed by atoms with Crippen molar-refractivity contribution < 1.29 is 4.79 Å². The number of rotatable bonds is 4. The van der Waals surface area contributed by atoms with Gasteiger partial charge < -0.3 is 5.32 Å². The minimum Gasteiger partial charge on any atom is -0.352 e. The number of halogens is 1. The molecule has 1 heterocycles. The topological polar surface area (TPSA) is 42.0 Å². The summed E-state index contributed by atoms with van der Waals surface area (Å²) in [7, 11) is 0. The van der Waals surface area contributed by atoms with Gasteiger partial charge in [-0.1, -0.05) is 12.1 Å². The van der Waals surface area contributed by atoms with Gasteiger partial charge in [0.15, 0.2) is 0 Å². The summed E-state index contributed by atoms with van der Waals surface area (Å²) in [6.45, 7) is 0.627. The molecule has 0 aliphatic rings. The van der Waals surface area contributed by atoms with Gasteiger partial charge in [-0.2, -0.15) is 0 Å². The average Bonchev–Trinajstić information content (AvgIpc) is 2.82. The lowest BCUT2D eigenvalue weighted by Gasteiger charge is -2.05. The Morgan fingerprint density at radius 2 is 2.24 bits per heavy atom. The third-order valence-electron chi connectivity index (χ3n) is 2.26. The monoisotopic (exact) mass is 310 g/mol. The summed E-state index contributed by atoms with van der Waals surface area (Å²) in [5.74, 6) is -0.0537. The number of benzene rings is 1. The molecule has 0 aliphatic heterocycles. The summed E-state index contributed by atoms with van der Waals surface area (Å²) in [4.78, 5) is 17.0. The van der Waals surface area contributed by atoms with Gasteiger partial charge in [0.05, 0.1) is 11.1 Å². The van der Waals surface area contributed by atoms with Gasteiger partial charge in [0.25, 0.3) is 5.91 Å². The molecule has 0 saturated heterocycles. The maximum atomic E-state index is 11.8. The van der Waals surface area contributed by atoms with Gasteiger partial charge >= 0.3 is 0 Å². The van der Waals surface area contributed by atoms with E-state index in [1.54, 1.807) is 22.9 Å². The lowest BCUT2D eigenvalue weighted by Crippen LogP contribution is -2.25. The van der Waals surface area contributed by atoms with E-state index >= 15 is 0 Å². The van der Waals surface area contributed by atoms with Gasteiger partial charge in [-0.15, -0.1) is 11.3 Å². The Labute approximate surface area is 112 Å². The van der Waals surface area contributed by atoms with Crippen LogP contribution in [0.1, 0.15) is 15.2 Å². The second-order valence-corrected chi connectivity index (χ2v) is 5.28. The van der Waals surface area contributed by atoms with Crippen LogP contribution in [0.3, 0.4) is 0 Å². The number of aromatic nitrogens is 1. The first-order valence-corrected chi connectivity index (χ1v) is 6.85. The Morgan fingerprint density at radius 1 is 1.41 bits per heavy atom. The zero-order valence-electron chi connectivity index (χ0n) is 9.02. The van der Waals surface area contributed by atoms with Crippen LogP contribution in [-0.4, -0.2) is 17.4 Å². The summed E-state index contributed by atoms with van der Waals surface area (Å²) in [5, 5.41) is 2.89. The Bertz CT molecular complexity index is 499. The zero-order valence-corrected chi connectivity index (χ0v) is 11.4. The van der Waals surface area contributed by atoms with Crippen LogP contribution in [0.25, 0.3) is 0 Å². The van der Waals surface area contributed by atoms with Crippen LogP contribution >= 0.6 is 27.3 Å². The predicted molar refractivity (Wildman–Crippen MR) is 72.3 cm³/mol. The number of carbonyl (C=O) groups excluding carboxylic acids is 1. The predicted octanol–water partition coefficient (Wildman–Crippen LogP) is 2.88. The molecular weight excluding hydrogens is 300 g/mol. The van der Waals surface area contributed by atoms with Crippen LogP contribution in [0, 0.1) is 0 Å². The van der Waals surface area contributed by atoms with Gasteiger partial charge in [-0.25, -0.2) is 0 Å². The normalized spacial score (nSPS) is 10.2. The second kappa shape index (κ2) is 5.93. The maximum Gasteiger partial charge on any atom is 0.252 e. The number of nitrogens with zero attached hydrogens (tertiary/aromatic N) is 1. The van der Waals surface area contributed by atoms with E-state index in [1.165, 1.54) is 4.88 Å². The van der Waals surface area contributed by atoms with E-state index in [-0.39, 0.29) is 5.91 Å². The molecule has 3 nitrogen and oxygen atoms in total. The highest BCUT2D eigenvalue weighted by molar-refractivity contribution is 9.10. The minimum atomic E-state index is -0.0537. The van der Waals surface area contributed by atoms with Crippen molar-refractivity contribution in [2.24, 2.45) is 0 Å². The molecule has 2 aromatic rings. The maximum absolute atomic E-state index is 11.8. The van der Waals surface area contributed by atoms with E-state index in [2.05, 4.69) is 26.2 Å². The number of thiazole rings is 1. The van der Waals surface area contributed by atoms with E-state index in [1.807, 2.05) is 24.4 Å². The fraction of sp³-hybridized carbons (Fsp3) is 0.167. The van der Waals surface area contributed by atoms with Crippen molar-refractivity contribution in [3.05, 3.63) is 50.9 Å². The molecular formula is C12H11BrN2OS. The van der Waals surface area contributed by atoms with Crippen molar-refractivity contribution in [3.8, 4) is 0 Å². The van der Waals surface area contributed by atoms with Gasteiger partial charge in [0, 0.05) is 28.5 Å². The van der Waals surface area contributed by atoms with E-state index in [9.17, 15) is 4.79 Å². The molecule has 0 saturated carbocycles. The van der Waals surface area contributed by atoms with Crippen LogP contribution in [0.4, 0.5) is 0 Å². The van der Waals surface area contributed by atoms with Crippen molar-refractivity contribution in [2.75, 3.05) is 6.54 Å². The highest BCUT2D eigenvalue weighted by atomic mass is 79.9. The van der Waals surface area contributed by atoms with E-state index in [0.717, 1.165) is 10.9 Å². The number of hydrogen-bond donors (Lipinski definition) is 1. The summed E-state index contributed by atoms with van der Waals surface area (Å²) in [6, 6.07) is 7.39. The van der Waals surface area contributed by atoms with Crippen LogP contribution in [0.15, 0.2) is 40.4 Å². The Kier molecular flexibility index (Phi) is 4.28. The molecule has 0 radical (unpaired) electrons. The summed E-state index contributed by atoms with van der Waals surface area (Å²) in [6.07, 6.45) is 2.65. The summed E-state index contributed by atoms with van der Waals surface area (Å²) in [5.41, 5.74) is 2.46. The zero-order chi connectivity index (χ0) is 12.1. The molecule has 88 valence electrons. The standard InChI is InChI=1S/C12H11BrN2OS/c13-11-4-2-1-3-10(11)12(16)15-6-5-9-7-14-8-17-9/h1-4,7-8H,5-6H2,(H,15,16). The molecule has 0 fully saturated rings. The third-order valence-corrected chi connectivity index (χ3v) is 3.79. The molecule has 0 atom stereocenters. The molecule has 0 unspecified atom stereocenters. The fourth-order valence-electron chi connectivity index (χ4n) is 1.41. The largest absolute Gasteiger partial charge is 0.352 e. The van der Waals surface area contributed by atoms with E-state index < -0.39 is 0 Å². The van der Waals surface area contributed by atoms with E-state index in [0.29, 0.717) is 12.1 Å². The molecule has 5 heteroatoms. The lowest BCUT2D eigenvalue weighted by atomic mass is 10.2. The molecule has 1 aromatic carbocycles. The number of nitrogens with one attached hydrogen (secondary N) is 1. The number of hydrogen-bond acceptors (Lipinski definition) is 3. The van der Waals surface area contributed by atoms with Crippen molar-refractivity contribution in [3.63, 3.8) is 0 Å². The number of amides is 1. The van der Waals surface area contributed by atoms with Crippen molar-refractivity contribution in [1.82, 2.24) is 10.3 Å². The Morgan fingerprint density at radius 3 is 2.94 bits per heavy atom. The van der Waals surface area contributed by atoms with Gasteiger partial charge in [0.2, 0.25) is 0 Å². The molecule has 1 N–H and O–H groups in total. The molecule has 0 spiro atoms. The summed E-state index contributed by atoms with van der Waals surface area (Å²) < 4.78 is 0.815. The van der Waals surface area contributed by atoms with Crippen LogP contribution in [-0.2, 0) is 6.42 Å². The molecule has 17 heavy (non-hydrogen) atoms. The van der Waals surface area contributed by atoms with Crippen molar-refractivity contribution in [1.29, 1.82) is 0 Å². The molecule has 1 aromatic heterocycles. The van der Waals surface area contributed by atoms with Crippen molar-refractivity contribution in [2.45, 2.75) is 6.42 Å². The van der Waals surface area contributed by atoms with Gasteiger partial charge in [-0.3, -0.25) is 9.78 Å². The molecule has 1 amide bonds. The van der Waals surface area contributed by atoms with Gasteiger partial charge in [-0.05, 0) is 28.1 Å². The Balaban J connectivity index is 1.88. The molecule has 0 bridgehead atoms. The van der Waals surface area contributed by atoms with Gasteiger partial charge in [0.1, 0.15) is 0 Å². The minimum absolute atomic E-state index is 0.0537. The third kappa shape index (κ3) is 3.38. The van der Waals surface area contributed by atoms with E-state index in [4.69, 9.17) is 0 Å². The quantitative estimate of drug-likeness (QED) is 0.943. The summed E-state index contributed by atoms with van der Waals surface area (Å²) >= 11 is 4.96. The van der Waals surface area contributed by atoms with Crippen LogP contribution in [0.2, 0.25) is 0 Å². The van der Waals surface area contributed by atoms with Crippen molar-refractivity contribution >= 4 is 33.2 Å². The smallest absolute Gasteiger partial charge is 0.252 e. The fourth-order valence-corrected chi connectivity index (χ4v) is 2.47.